The average Bonchev–Trinajstić information content (AvgIpc) is 3.62. The predicted octanol–water partition coefficient (Wildman–Crippen LogP) is 4.64. The van der Waals surface area contributed by atoms with E-state index in [-0.39, 0.29) is 49.1 Å². The number of hydrogen-bond acceptors (Lipinski definition) is 4. The molecule has 2 N–H and O–H groups in total. The molecule has 0 aromatic heterocycles. The summed E-state index contributed by atoms with van der Waals surface area (Å²) in [5.74, 6) is -0.391. The number of amides is 2. The molecule has 0 saturated heterocycles. The molecule has 2 aromatic carbocycles. The van der Waals surface area contributed by atoms with Gasteiger partial charge in [-0.05, 0) is 60.6 Å². The lowest BCUT2D eigenvalue weighted by Crippen LogP contribution is -2.43. The SMILES string of the molecule is C=C1CC[C@H](N2Cc3cc(CNC(=O)CNc4ccc(C5(C(F)(F)F)CC5)cc4)ccc3C2=O)C(=O)C1. The third-order valence-corrected chi connectivity index (χ3v) is 7.62. The number of carbonyl (C=O) groups is 3. The van der Waals surface area contributed by atoms with E-state index >= 15 is 0 Å². The maximum atomic E-state index is 13.3. The zero-order valence-corrected chi connectivity index (χ0v) is 20.3. The molecule has 0 radical (unpaired) electrons. The number of benzene rings is 2. The fourth-order valence-corrected chi connectivity index (χ4v) is 5.26. The van der Waals surface area contributed by atoms with Gasteiger partial charge in [-0.2, -0.15) is 13.2 Å². The molecule has 2 aliphatic carbocycles. The first-order valence-electron chi connectivity index (χ1n) is 12.4. The molecule has 6 nitrogen and oxygen atoms in total. The molecule has 5 rings (SSSR count). The van der Waals surface area contributed by atoms with Crippen molar-refractivity contribution in [2.24, 2.45) is 0 Å². The minimum absolute atomic E-state index is 0.0273. The van der Waals surface area contributed by atoms with Crippen LogP contribution in [0.1, 0.15) is 59.2 Å². The number of halogens is 3. The van der Waals surface area contributed by atoms with Crippen LogP contribution in [-0.4, -0.2) is 41.3 Å². The van der Waals surface area contributed by atoms with Crippen LogP contribution in [0, 0.1) is 0 Å². The van der Waals surface area contributed by atoms with Gasteiger partial charge in [0.2, 0.25) is 5.91 Å². The van der Waals surface area contributed by atoms with Gasteiger partial charge in [0.05, 0.1) is 18.0 Å². The van der Waals surface area contributed by atoms with E-state index in [1.54, 1.807) is 29.2 Å². The highest BCUT2D eigenvalue weighted by Gasteiger charge is 2.64. The molecular weight excluding hydrogens is 483 g/mol. The lowest BCUT2D eigenvalue weighted by molar-refractivity contribution is -0.160. The zero-order chi connectivity index (χ0) is 26.4. The van der Waals surface area contributed by atoms with E-state index in [1.807, 2.05) is 6.07 Å². The number of allylic oxidation sites excluding steroid dienone is 1. The van der Waals surface area contributed by atoms with Gasteiger partial charge >= 0.3 is 6.18 Å². The smallest absolute Gasteiger partial charge is 0.376 e. The van der Waals surface area contributed by atoms with Crippen molar-refractivity contribution >= 4 is 23.3 Å². The van der Waals surface area contributed by atoms with E-state index in [1.165, 1.54) is 12.1 Å². The summed E-state index contributed by atoms with van der Waals surface area (Å²) in [6.07, 6.45) is -2.40. The normalized spacial score (nSPS) is 20.6. The third-order valence-electron chi connectivity index (χ3n) is 7.62. The highest BCUT2D eigenvalue weighted by atomic mass is 19.4. The number of nitrogens with zero attached hydrogens (tertiary/aromatic N) is 1. The van der Waals surface area contributed by atoms with Gasteiger partial charge in [-0.1, -0.05) is 36.4 Å². The molecule has 194 valence electrons. The Bertz CT molecular complexity index is 1270. The molecule has 2 aromatic rings. The topological polar surface area (TPSA) is 78.5 Å². The summed E-state index contributed by atoms with van der Waals surface area (Å²) in [5.41, 5.74) is 2.24. The van der Waals surface area contributed by atoms with Crippen molar-refractivity contribution in [2.45, 2.75) is 62.8 Å². The molecule has 1 aliphatic heterocycles. The highest BCUT2D eigenvalue weighted by molar-refractivity contribution is 6.02. The number of ketones is 1. The lowest BCUT2D eigenvalue weighted by atomic mass is 9.90. The zero-order valence-electron chi connectivity index (χ0n) is 20.3. The minimum Gasteiger partial charge on any atom is -0.376 e. The van der Waals surface area contributed by atoms with Crippen LogP contribution in [0.5, 0.6) is 0 Å². The van der Waals surface area contributed by atoms with E-state index in [2.05, 4.69) is 17.2 Å². The van der Waals surface area contributed by atoms with Gasteiger partial charge in [0, 0.05) is 30.8 Å². The molecule has 0 spiro atoms. The van der Waals surface area contributed by atoms with Crippen molar-refractivity contribution in [3.63, 3.8) is 0 Å². The van der Waals surface area contributed by atoms with Crippen LogP contribution in [0.15, 0.2) is 54.6 Å². The van der Waals surface area contributed by atoms with Crippen LogP contribution >= 0.6 is 0 Å². The Morgan fingerprint density at radius 1 is 1.11 bits per heavy atom. The number of alkyl halides is 3. The summed E-state index contributed by atoms with van der Waals surface area (Å²) < 4.78 is 39.8. The van der Waals surface area contributed by atoms with E-state index in [9.17, 15) is 27.6 Å². The first-order chi connectivity index (χ1) is 17.6. The number of rotatable bonds is 7. The Balaban J connectivity index is 1.12. The van der Waals surface area contributed by atoms with Crippen LogP contribution in [0.2, 0.25) is 0 Å². The Morgan fingerprint density at radius 2 is 1.84 bits per heavy atom. The van der Waals surface area contributed by atoms with Crippen molar-refractivity contribution in [1.82, 2.24) is 10.2 Å². The molecule has 2 saturated carbocycles. The number of Topliss-reactive ketones (excluding diaryl/α,β-unsaturated/α-hetero) is 1. The van der Waals surface area contributed by atoms with Gasteiger partial charge in [0.15, 0.2) is 5.78 Å². The second-order valence-electron chi connectivity index (χ2n) is 10.2. The Hall–Kier alpha value is -3.62. The summed E-state index contributed by atoms with van der Waals surface area (Å²) in [4.78, 5) is 39.3. The summed E-state index contributed by atoms with van der Waals surface area (Å²) in [5, 5.41) is 5.74. The van der Waals surface area contributed by atoms with Gasteiger partial charge in [-0.15, -0.1) is 0 Å². The molecular formula is C28H28F3N3O3. The van der Waals surface area contributed by atoms with Gasteiger partial charge in [0.25, 0.3) is 5.91 Å². The molecule has 1 heterocycles. The lowest BCUT2D eigenvalue weighted by Gasteiger charge is -2.30. The third kappa shape index (κ3) is 4.86. The molecule has 9 heteroatoms. The second kappa shape index (κ2) is 9.36. The van der Waals surface area contributed by atoms with Crippen LogP contribution in [0.3, 0.4) is 0 Å². The van der Waals surface area contributed by atoms with Crippen molar-refractivity contribution in [3.05, 3.63) is 76.9 Å². The Kier molecular flexibility index (Phi) is 6.33. The van der Waals surface area contributed by atoms with E-state index in [0.29, 0.717) is 30.6 Å². The molecule has 2 amide bonds. The van der Waals surface area contributed by atoms with Crippen LogP contribution in [0.4, 0.5) is 18.9 Å². The second-order valence-corrected chi connectivity index (χ2v) is 10.2. The fraction of sp³-hybridized carbons (Fsp3) is 0.393. The average molecular weight is 512 g/mol. The van der Waals surface area contributed by atoms with Gasteiger partial charge in [-0.25, -0.2) is 0 Å². The maximum absolute atomic E-state index is 13.3. The van der Waals surface area contributed by atoms with Crippen molar-refractivity contribution < 1.29 is 27.6 Å². The molecule has 2 fully saturated rings. The number of anilines is 1. The number of carbonyl (C=O) groups excluding carboxylic acids is 3. The van der Waals surface area contributed by atoms with Crippen LogP contribution < -0.4 is 10.6 Å². The summed E-state index contributed by atoms with van der Waals surface area (Å²) in [6, 6.07) is 11.0. The first-order valence-corrected chi connectivity index (χ1v) is 12.4. The Labute approximate surface area is 212 Å². The van der Waals surface area contributed by atoms with Crippen LogP contribution in [0.25, 0.3) is 0 Å². The van der Waals surface area contributed by atoms with Crippen LogP contribution in [-0.2, 0) is 28.1 Å². The first kappa shape index (κ1) is 25.0. The van der Waals surface area contributed by atoms with Gasteiger partial charge < -0.3 is 15.5 Å². The van der Waals surface area contributed by atoms with Gasteiger partial charge in [0.1, 0.15) is 0 Å². The predicted molar refractivity (Wildman–Crippen MR) is 132 cm³/mol. The standard InChI is InChI=1S/C28H28F3N3O3/c1-17-2-9-23(24(35)12-17)34-16-19-13-18(3-8-22(19)26(34)37)14-33-25(36)15-32-21-6-4-20(5-7-21)27(10-11-27)28(29,30)31/h3-8,13,23,32H,1-2,9-12,14-16H2,(H,33,36)/t23-/m0/s1. The molecule has 37 heavy (non-hydrogen) atoms. The van der Waals surface area contributed by atoms with Crippen molar-refractivity contribution in [3.8, 4) is 0 Å². The summed E-state index contributed by atoms with van der Waals surface area (Å²) in [6.45, 7) is 4.48. The highest BCUT2D eigenvalue weighted by Crippen LogP contribution is 2.58. The quantitative estimate of drug-likeness (QED) is 0.531. The molecule has 1 atom stereocenters. The molecule has 3 aliphatic rings. The fourth-order valence-electron chi connectivity index (χ4n) is 5.26. The minimum atomic E-state index is -4.26. The van der Waals surface area contributed by atoms with E-state index in [4.69, 9.17) is 0 Å². The molecule has 0 unspecified atom stereocenters. The van der Waals surface area contributed by atoms with E-state index < -0.39 is 17.6 Å². The molecule has 0 bridgehead atoms. The number of fused-ring (bicyclic) bond motifs is 1. The summed E-state index contributed by atoms with van der Waals surface area (Å²) >= 11 is 0. The van der Waals surface area contributed by atoms with Crippen molar-refractivity contribution in [1.29, 1.82) is 0 Å². The monoisotopic (exact) mass is 511 g/mol. The van der Waals surface area contributed by atoms with Crippen molar-refractivity contribution in [2.75, 3.05) is 11.9 Å². The number of hydrogen-bond donors (Lipinski definition) is 2. The number of nitrogens with one attached hydrogen (secondary N) is 2. The summed E-state index contributed by atoms with van der Waals surface area (Å²) in [7, 11) is 0. The Morgan fingerprint density at radius 3 is 2.49 bits per heavy atom. The van der Waals surface area contributed by atoms with E-state index in [0.717, 1.165) is 23.1 Å². The van der Waals surface area contributed by atoms with Gasteiger partial charge in [-0.3, -0.25) is 14.4 Å². The maximum Gasteiger partial charge on any atom is 0.398 e. The largest absolute Gasteiger partial charge is 0.398 e.